The lowest BCUT2D eigenvalue weighted by atomic mass is 10.0. The van der Waals surface area contributed by atoms with E-state index in [1.807, 2.05) is 30.3 Å². The molecule has 29 heavy (non-hydrogen) atoms. The summed E-state index contributed by atoms with van der Waals surface area (Å²) in [5.74, 6) is -0.694. The number of hydrogen-bond donors (Lipinski definition) is 1. The van der Waals surface area contributed by atoms with Crippen molar-refractivity contribution in [2.45, 2.75) is 25.9 Å². The Morgan fingerprint density at radius 2 is 1.79 bits per heavy atom. The first kappa shape index (κ1) is 20.5. The highest BCUT2D eigenvalue weighted by Gasteiger charge is 2.22. The average Bonchev–Trinajstić information content (AvgIpc) is 3.01. The Balaban J connectivity index is 1.89. The molecular formula is C19H20ClN5O4. The third kappa shape index (κ3) is 4.00. The Hall–Kier alpha value is -3.20. The van der Waals surface area contributed by atoms with Gasteiger partial charge >= 0.3 is 5.69 Å². The fourth-order valence-electron chi connectivity index (χ4n) is 3.09. The number of aromatic nitrogens is 4. The number of Topliss-reactive ketones (excluding diaryl/α,β-unsaturated/α-hetero) is 1. The number of carbonyl (C=O) groups excluding carboxylic acids is 2. The fourth-order valence-corrected chi connectivity index (χ4v) is 3.32. The van der Waals surface area contributed by atoms with Gasteiger partial charge < -0.3 is 5.32 Å². The monoisotopic (exact) mass is 417 g/mol. The van der Waals surface area contributed by atoms with Gasteiger partial charge in [0, 0.05) is 14.1 Å². The van der Waals surface area contributed by atoms with Crippen molar-refractivity contribution in [2.75, 3.05) is 0 Å². The van der Waals surface area contributed by atoms with Crippen molar-refractivity contribution < 1.29 is 9.59 Å². The lowest BCUT2D eigenvalue weighted by molar-refractivity contribution is -0.127. The highest BCUT2D eigenvalue weighted by molar-refractivity contribution is 6.29. The number of rotatable bonds is 6. The summed E-state index contributed by atoms with van der Waals surface area (Å²) in [4.78, 5) is 53.2. The Morgan fingerprint density at radius 3 is 2.41 bits per heavy atom. The van der Waals surface area contributed by atoms with Crippen molar-refractivity contribution in [2.24, 2.45) is 14.1 Å². The molecule has 1 atom stereocenters. The highest BCUT2D eigenvalue weighted by atomic mass is 35.5. The van der Waals surface area contributed by atoms with Crippen molar-refractivity contribution in [3.8, 4) is 0 Å². The molecule has 1 amide bonds. The summed E-state index contributed by atoms with van der Waals surface area (Å²) in [6, 6.07) is 8.59. The second-order valence-electron chi connectivity index (χ2n) is 6.77. The molecule has 0 spiro atoms. The smallest absolute Gasteiger partial charge is 0.332 e. The average molecular weight is 418 g/mol. The number of carbonyl (C=O) groups is 2. The van der Waals surface area contributed by atoms with Gasteiger partial charge in [0.25, 0.3) is 5.56 Å². The number of nitrogens with zero attached hydrogens (tertiary/aromatic N) is 4. The van der Waals surface area contributed by atoms with Crippen LogP contribution in [0.3, 0.4) is 0 Å². The molecule has 0 fully saturated rings. The van der Waals surface area contributed by atoms with Crippen LogP contribution in [0.25, 0.3) is 11.2 Å². The third-order valence-electron chi connectivity index (χ3n) is 4.71. The SMILES string of the molecule is CC(=O)C(Cc1ccccc1)NC(=O)Cn1c(Cl)nc2c1c(=O)n(C)c(=O)n2C. The van der Waals surface area contributed by atoms with Gasteiger partial charge in [-0.2, -0.15) is 4.98 Å². The van der Waals surface area contributed by atoms with Crippen LogP contribution in [0.1, 0.15) is 12.5 Å². The Bertz CT molecular complexity index is 1210. The summed E-state index contributed by atoms with van der Waals surface area (Å²) in [5.41, 5.74) is -0.126. The van der Waals surface area contributed by atoms with Gasteiger partial charge in [-0.3, -0.25) is 28.1 Å². The largest absolute Gasteiger partial charge is 0.344 e. The maximum absolute atomic E-state index is 12.6. The number of imidazole rings is 1. The number of ketones is 1. The van der Waals surface area contributed by atoms with Crippen molar-refractivity contribution in [3.63, 3.8) is 0 Å². The number of benzene rings is 1. The predicted octanol–water partition coefficient (Wildman–Crippen LogP) is 0.404. The number of halogens is 1. The molecule has 0 saturated carbocycles. The molecule has 9 nitrogen and oxygen atoms in total. The predicted molar refractivity (Wildman–Crippen MR) is 108 cm³/mol. The van der Waals surface area contributed by atoms with Crippen LogP contribution in [-0.2, 0) is 36.6 Å². The summed E-state index contributed by atoms with van der Waals surface area (Å²) in [6.45, 7) is 1.08. The molecule has 1 N–H and O–H groups in total. The van der Waals surface area contributed by atoms with Gasteiger partial charge in [0.05, 0.1) is 6.04 Å². The molecule has 0 aliphatic rings. The minimum absolute atomic E-state index is 0.0391. The zero-order valence-corrected chi connectivity index (χ0v) is 16.9. The molecule has 0 radical (unpaired) electrons. The summed E-state index contributed by atoms with van der Waals surface area (Å²) < 4.78 is 3.33. The minimum Gasteiger partial charge on any atom is -0.344 e. The van der Waals surface area contributed by atoms with Gasteiger partial charge in [0.15, 0.2) is 16.9 Å². The fraction of sp³-hybridized carbons (Fsp3) is 0.316. The molecule has 0 saturated heterocycles. The first-order valence-electron chi connectivity index (χ1n) is 8.86. The van der Waals surface area contributed by atoms with E-state index in [1.165, 1.54) is 30.2 Å². The lowest BCUT2D eigenvalue weighted by Gasteiger charge is -2.16. The Labute approximate surface area is 170 Å². The van der Waals surface area contributed by atoms with E-state index in [4.69, 9.17) is 11.6 Å². The van der Waals surface area contributed by atoms with E-state index in [0.29, 0.717) is 6.42 Å². The molecule has 0 bridgehead atoms. The first-order chi connectivity index (χ1) is 13.7. The van der Waals surface area contributed by atoms with Crippen molar-refractivity contribution in [1.29, 1.82) is 0 Å². The molecule has 1 aromatic carbocycles. The van der Waals surface area contributed by atoms with Gasteiger partial charge in [-0.25, -0.2) is 4.79 Å². The number of hydrogen-bond acceptors (Lipinski definition) is 5. The van der Waals surface area contributed by atoms with Crippen molar-refractivity contribution >= 4 is 34.5 Å². The van der Waals surface area contributed by atoms with Crippen LogP contribution in [0.5, 0.6) is 0 Å². The van der Waals surface area contributed by atoms with Gasteiger partial charge in [0.1, 0.15) is 6.54 Å². The normalized spacial score (nSPS) is 12.1. The second kappa shape index (κ2) is 8.04. The quantitative estimate of drug-likeness (QED) is 0.584. The van der Waals surface area contributed by atoms with E-state index in [9.17, 15) is 19.2 Å². The van der Waals surface area contributed by atoms with E-state index < -0.39 is 23.2 Å². The van der Waals surface area contributed by atoms with E-state index in [1.54, 1.807) is 0 Å². The maximum Gasteiger partial charge on any atom is 0.332 e. The van der Waals surface area contributed by atoms with Gasteiger partial charge in [-0.1, -0.05) is 30.3 Å². The Morgan fingerprint density at radius 1 is 1.14 bits per heavy atom. The van der Waals surface area contributed by atoms with Crippen molar-refractivity contribution in [1.82, 2.24) is 24.0 Å². The van der Waals surface area contributed by atoms with Crippen LogP contribution in [-0.4, -0.2) is 36.4 Å². The molecule has 0 aliphatic carbocycles. The zero-order valence-electron chi connectivity index (χ0n) is 16.2. The first-order valence-corrected chi connectivity index (χ1v) is 9.24. The van der Waals surface area contributed by atoms with Crippen LogP contribution >= 0.6 is 11.6 Å². The standard InChI is InChI=1S/C19H20ClN5O4/c1-11(26)13(9-12-7-5-4-6-8-12)21-14(27)10-25-15-16(22-18(25)20)23(2)19(29)24(3)17(15)28/h4-8,13H,9-10H2,1-3H3,(H,21,27). The van der Waals surface area contributed by atoms with E-state index in [0.717, 1.165) is 10.1 Å². The van der Waals surface area contributed by atoms with Crippen LogP contribution in [0, 0.1) is 0 Å². The minimum atomic E-state index is -0.717. The van der Waals surface area contributed by atoms with Crippen LogP contribution in [0.4, 0.5) is 0 Å². The number of nitrogens with one attached hydrogen (secondary N) is 1. The number of amides is 1. The van der Waals surface area contributed by atoms with E-state index >= 15 is 0 Å². The second-order valence-corrected chi connectivity index (χ2v) is 7.10. The van der Waals surface area contributed by atoms with Crippen molar-refractivity contribution in [3.05, 3.63) is 62.0 Å². The molecule has 2 aromatic heterocycles. The number of fused-ring (bicyclic) bond motifs is 1. The molecule has 10 heteroatoms. The Kier molecular flexibility index (Phi) is 5.69. The molecule has 152 valence electrons. The van der Waals surface area contributed by atoms with Gasteiger partial charge in [-0.05, 0) is 30.5 Å². The molecule has 2 heterocycles. The summed E-state index contributed by atoms with van der Waals surface area (Å²) in [6.07, 6.45) is 0.344. The van der Waals surface area contributed by atoms with Crippen LogP contribution in [0.15, 0.2) is 39.9 Å². The van der Waals surface area contributed by atoms with Crippen LogP contribution < -0.4 is 16.6 Å². The van der Waals surface area contributed by atoms with Crippen LogP contribution in [0.2, 0.25) is 5.28 Å². The molecule has 0 aliphatic heterocycles. The van der Waals surface area contributed by atoms with Gasteiger partial charge in [-0.15, -0.1) is 0 Å². The summed E-state index contributed by atoms with van der Waals surface area (Å²) >= 11 is 6.13. The lowest BCUT2D eigenvalue weighted by Crippen LogP contribution is -2.43. The molecule has 3 aromatic rings. The number of aryl methyl sites for hydroxylation is 1. The topological polar surface area (TPSA) is 108 Å². The van der Waals surface area contributed by atoms with Gasteiger partial charge in [0.2, 0.25) is 11.2 Å². The molecule has 3 rings (SSSR count). The van der Waals surface area contributed by atoms with E-state index in [2.05, 4.69) is 10.3 Å². The molecular weight excluding hydrogens is 398 g/mol. The highest BCUT2D eigenvalue weighted by Crippen LogP contribution is 2.15. The third-order valence-corrected chi connectivity index (χ3v) is 5.00. The molecule has 1 unspecified atom stereocenters. The zero-order chi connectivity index (χ0) is 21.3. The maximum atomic E-state index is 12.6. The summed E-state index contributed by atoms with van der Waals surface area (Å²) in [5, 5.41) is 2.58. The summed E-state index contributed by atoms with van der Waals surface area (Å²) in [7, 11) is 2.80. The van der Waals surface area contributed by atoms with E-state index in [-0.39, 0.29) is 28.8 Å².